The van der Waals surface area contributed by atoms with Gasteiger partial charge in [-0.3, -0.25) is 4.79 Å². The molecule has 1 aliphatic rings. The van der Waals surface area contributed by atoms with Crippen LogP contribution in [-0.4, -0.2) is 28.6 Å². The number of nitrogens with zero attached hydrogens (tertiary/aromatic N) is 1. The minimum absolute atomic E-state index is 0.0852. The van der Waals surface area contributed by atoms with Crippen LogP contribution in [0.3, 0.4) is 0 Å². The van der Waals surface area contributed by atoms with Gasteiger partial charge in [0.15, 0.2) is 0 Å². The first-order valence-corrected chi connectivity index (χ1v) is 7.82. The predicted octanol–water partition coefficient (Wildman–Crippen LogP) is 3.15. The monoisotopic (exact) mass is 363 g/mol. The summed E-state index contributed by atoms with van der Waals surface area (Å²) in [5, 5.41) is 9.67. The Morgan fingerprint density at radius 3 is 2.82 bits per heavy atom. The van der Waals surface area contributed by atoms with Crippen molar-refractivity contribution in [1.29, 1.82) is 0 Å². The van der Waals surface area contributed by atoms with Gasteiger partial charge >= 0.3 is 0 Å². The van der Waals surface area contributed by atoms with Gasteiger partial charge in [-0.2, -0.15) is 0 Å². The number of rotatable bonds is 4. The third kappa shape index (κ3) is 2.91. The van der Waals surface area contributed by atoms with Gasteiger partial charge in [0.25, 0.3) is 5.91 Å². The van der Waals surface area contributed by atoms with Crippen molar-refractivity contribution in [3.8, 4) is 0 Å². The number of amides is 1. The van der Waals surface area contributed by atoms with Crippen LogP contribution in [0.5, 0.6) is 0 Å². The fourth-order valence-corrected chi connectivity index (χ4v) is 3.22. The van der Waals surface area contributed by atoms with Gasteiger partial charge in [-0.25, -0.2) is 4.39 Å². The van der Waals surface area contributed by atoms with Gasteiger partial charge in [-0.15, -0.1) is 0 Å². The van der Waals surface area contributed by atoms with E-state index in [9.17, 15) is 14.3 Å². The van der Waals surface area contributed by atoms with Gasteiger partial charge in [-0.05, 0) is 47.9 Å². The molecule has 1 heterocycles. The summed E-state index contributed by atoms with van der Waals surface area (Å²) in [7, 11) is 0. The van der Waals surface area contributed by atoms with Crippen LogP contribution in [0, 0.1) is 5.82 Å². The van der Waals surface area contributed by atoms with E-state index in [1.807, 2.05) is 12.1 Å². The van der Waals surface area contributed by atoms with E-state index >= 15 is 0 Å². The van der Waals surface area contributed by atoms with Crippen LogP contribution in [0.4, 0.5) is 4.39 Å². The maximum Gasteiger partial charge on any atom is 0.254 e. The molecule has 0 spiro atoms. The first-order valence-electron chi connectivity index (χ1n) is 7.03. The van der Waals surface area contributed by atoms with Crippen LogP contribution in [0.2, 0.25) is 0 Å². The molecule has 2 aromatic carbocycles. The molecule has 1 atom stereocenters. The van der Waals surface area contributed by atoms with Crippen molar-refractivity contribution in [3.05, 3.63) is 69.4 Å². The molecule has 1 N–H and O–H groups in total. The van der Waals surface area contributed by atoms with E-state index in [-0.39, 0.29) is 24.4 Å². The molecule has 1 unspecified atom stereocenters. The van der Waals surface area contributed by atoms with Crippen molar-refractivity contribution < 1.29 is 14.3 Å². The summed E-state index contributed by atoms with van der Waals surface area (Å²) >= 11 is 3.40. The van der Waals surface area contributed by atoms with Crippen LogP contribution < -0.4 is 0 Å². The first-order chi connectivity index (χ1) is 10.6. The summed E-state index contributed by atoms with van der Waals surface area (Å²) in [5.41, 5.74) is 2.38. The van der Waals surface area contributed by atoms with Crippen molar-refractivity contribution in [2.24, 2.45) is 0 Å². The average molecular weight is 364 g/mol. The van der Waals surface area contributed by atoms with Gasteiger partial charge in [-0.1, -0.05) is 28.1 Å². The van der Waals surface area contributed by atoms with Crippen LogP contribution in [0.15, 0.2) is 46.9 Å². The molecule has 0 saturated carbocycles. The Morgan fingerprint density at radius 1 is 1.27 bits per heavy atom. The molecule has 2 aromatic rings. The third-order valence-electron chi connectivity index (χ3n) is 3.91. The highest BCUT2D eigenvalue weighted by molar-refractivity contribution is 9.10. The molecular weight excluding hydrogens is 349 g/mol. The number of hydrogen-bond donors (Lipinski definition) is 1. The largest absolute Gasteiger partial charge is 0.394 e. The summed E-state index contributed by atoms with van der Waals surface area (Å²) < 4.78 is 14.2. The molecule has 1 amide bonds. The van der Waals surface area contributed by atoms with Crippen molar-refractivity contribution in [1.82, 2.24) is 4.90 Å². The Bertz CT molecular complexity index is 720. The van der Waals surface area contributed by atoms with Crippen LogP contribution in [-0.2, 0) is 13.0 Å². The van der Waals surface area contributed by atoms with Gasteiger partial charge in [0.2, 0.25) is 0 Å². The number of aliphatic hydroxyl groups excluding tert-OH is 1. The fourth-order valence-electron chi connectivity index (χ4n) is 2.82. The predicted molar refractivity (Wildman–Crippen MR) is 85.0 cm³/mol. The fraction of sp³-hybridized carbons (Fsp3) is 0.235. The molecule has 1 aliphatic heterocycles. The zero-order valence-corrected chi connectivity index (χ0v) is 13.4. The Labute approximate surface area is 136 Å². The number of carbonyl (C=O) groups is 1. The third-order valence-corrected chi connectivity index (χ3v) is 4.40. The molecule has 5 heteroatoms. The standard InChI is InChI=1S/C17H15BrFNO2/c18-13-4-5-16-12(8-13)9-20(17(16)22)15(10-21)7-11-2-1-3-14(19)6-11/h1-6,8,15,21H,7,9-10H2. The van der Waals surface area contributed by atoms with Gasteiger partial charge in [0.05, 0.1) is 12.6 Å². The normalized spacial score (nSPS) is 15.0. The number of carbonyl (C=O) groups excluding carboxylic acids is 1. The van der Waals surface area contributed by atoms with Crippen LogP contribution >= 0.6 is 15.9 Å². The smallest absolute Gasteiger partial charge is 0.254 e. The molecule has 0 radical (unpaired) electrons. The van der Waals surface area contributed by atoms with Crippen LogP contribution in [0.1, 0.15) is 21.5 Å². The molecule has 0 aromatic heterocycles. The second-order valence-corrected chi connectivity index (χ2v) is 6.32. The van der Waals surface area contributed by atoms with Gasteiger partial charge in [0, 0.05) is 16.6 Å². The summed E-state index contributed by atoms with van der Waals surface area (Å²) in [6.45, 7) is 0.311. The maximum atomic E-state index is 13.3. The Hall–Kier alpha value is -1.72. The lowest BCUT2D eigenvalue weighted by Crippen LogP contribution is -2.39. The molecule has 0 bridgehead atoms. The summed E-state index contributed by atoms with van der Waals surface area (Å²) in [6, 6.07) is 11.4. The Morgan fingerprint density at radius 2 is 2.09 bits per heavy atom. The van der Waals surface area contributed by atoms with Crippen molar-refractivity contribution >= 4 is 21.8 Å². The minimum Gasteiger partial charge on any atom is -0.394 e. The van der Waals surface area contributed by atoms with Crippen molar-refractivity contribution in [3.63, 3.8) is 0 Å². The van der Waals surface area contributed by atoms with E-state index in [1.165, 1.54) is 12.1 Å². The summed E-state index contributed by atoms with van der Waals surface area (Å²) in [5.74, 6) is -0.396. The molecule has 3 nitrogen and oxygen atoms in total. The minimum atomic E-state index is -0.361. The van der Waals surface area contributed by atoms with Gasteiger partial charge in [0.1, 0.15) is 5.82 Å². The van der Waals surface area contributed by atoms with E-state index in [0.29, 0.717) is 18.5 Å². The average Bonchev–Trinajstić information content (AvgIpc) is 2.81. The molecule has 0 aliphatic carbocycles. The SMILES string of the molecule is O=C1c2ccc(Br)cc2CN1C(CO)Cc1cccc(F)c1. The zero-order valence-electron chi connectivity index (χ0n) is 11.8. The van der Waals surface area contributed by atoms with Crippen molar-refractivity contribution in [2.45, 2.75) is 19.0 Å². The molecule has 0 saturated heterocycles. The van der Waals surface area contributed by atoms with E-state index in [2.05, 4.69) is 15.9 Å². The van der Waals surface area contributed by atoms with E-state index in [1.54, 1.807) is 23.1 Å². The lowest BCUT2D eigenvalue weighted by molar-refractivity contribution is 0.0618. The highest BCUT2D eigenvalue weighted by Gasteiger charge is 2.32. The number of benzene rings is 2. The number of aliphatic hydroxyl groups is 1. The van der Waals surface area contributed by atoms with E-state index in [4.69, 9.17) is 0 Å². The highest BCUT2D eigenvalue weighted by atomic mass is 79.9. The quantitative estimate of drug-likeness (QED) is 0.906. The highest BCUT2D eigenvalue weighted by Crippen LogP contribution is 2.28. The Kier molecular flexibility index (Phi) is 4.27. The van der Waals surface area contributed by atoms with E-state index < -0.39 is 0 Å². The second-order valence-electron chi connectivity index (χ2n) is 5.40. The summed E-state index contributed by atoms with van der Waals surface area (Å²) in [6.07, 6.45) is 0.426. The molecule has 114 valence electrons. The van der Waals surface area contributed by atoms with Crippen LogP contribution in [0.25, 0.3) is 0 Å². The number of hydrogen-bond acceptors (Lipinski definition) is 2. The van der Waals surface area contributed by atoms with Gasteiger partial charge < -0.3 is 10.0 Å². The number of halogens is 2. The Balaban J connectivity index is 1.82. The zero-order chi connectivity index (χ0) is 15.7. The molecule has 0 fully saturated rings. The first kappa shape index (κ1) is 15.2. The lowest BCUT2D eigenvalue weighted by atomic mass is 10.1. The van der Waals surface area contributed by atoms with E-state index in [0.717, 1.165) is 15.6 Å². The molecule has 22 heavy (non-hydrogen) atoms. The number of fused-ring (bicyclic) bond motifs is 1. The van der Waals surface area contributed by atoms with Crippen molar-refractivity contribution in [2.75, 3.05) is 6.61 Å². The topological polar surface area (TPSA) is 40.5 Å². The lowest BCUT2D eigenvalue weighted by Gasteiger charge is -2.26. The second kappa shape index (κ2) is 6.18. The molecular formula is C17H15BrFNO2. The maximum absolute atomic E-state index is 13.3. The molecule has 3 rings (SSSR count). The summed E-state index contributed by atoms with van der Waals surface area (Å²) in [4.78, 5) is 14.1.